The molecule has 1 aliphatic rings. The zero-order chi connectivity index (χ0) is 25.7. The van der Waals surface area contributed by atoms with Crippen molar-refractivity contribution in [2.45, 2.75) is 38.3 Å². The van der Waals surface area contributed by atoms with Gasteiger partial charge < -0.3 is 24.4 Å². The topological polar surface area (TPSA) is 112 Å². The van der Waals surface area contributed by atoms with Crippen molar-refractivity contribution in [1.29, 1.82) is 0 Å². The van der Waals surface area contributed by atoms with Crippen molar-refractivity contribution < 1.29 is 23.8 Å². The standard InChI is InChI=1S/C26H30N4O6/c1-34-18-10-8-17(9-11-18)28-25(32)21-6-4-13-30(21)24(31)7-5-12-29-16-27-20-15-23(36-3)22(35-2)14-19(20)26(29)33/h8-11,14-16,21H,4-7,12-13H2,1-3H3,(H,28,32). The van der Waals surface area contributed by atoms with E-state index in [4.69, 9.17) is 14.2 Å². The molecule has 0 radical (unpaired) electrons. The minimum absolute atomic E-state index is 0.101. The highest BCUT2D eigenvalue weighted by Gasteiger charge is 2.33. The summed E-state index contributed by atoms with van der Waals surface area (Å²) in [6.45, 7) is 0.872. The average Bonchev–Trinajstić information content (AvgIpc) is 3.40. The summed E-state index contributed by atoms with van der Waals surface area (Å²) in [5.41, 5.74) is 0.941. The summed E-state index contributed by atoms with van der Waals surface area (Å²) in [5, 5.41) is 3.30. The molecule has 1 saturated heterocycles. The van der Waals surface area contributed by atoms with Gasteiger partial charge in [0.2, 0.25) is 11.8 Å². The Labute approximate surface area is 208 Å². The summed E-state index contributed by atoms with van der Waals surface area (Å²) in [6.07, 6.45) is 3.53. The Balaban J connectivity index is 1.37. The van der Waals surface area contributed by atoms with Crippen molar-refractivity contribution in [3.05, 3.63) is 53.1 Å². The molecule has 1 atom stereocenters. The highest BCUT2D eigenvalue weighted by molar-refractivity contribution is 5.97. The van der Waals surface area contributed by atoms with Crippen molar-refractivity contribution in [2.24, 2.45) is 0 Å². The predicted octanol–water partition coefficient (Wildman–Crippen LogP) is 2.83. The summed E-state index contributed by atoms with van der Waals surface area (Å²) in [7, 11) is 4.61. The first-order chi connectivity index (χ1) is 17.4. The van der Waals surface area contributed by atoms with Crippen LogP contribution >= 0.6 is 0 Å². The predicted molar refractivity (Wildman–Crippen MR) is 135 cm³/mol. The second kappa shape index (κ2) is 11.1. The maximum atomic E-state index is 13.0. The first-order valence-corrected chi connectivity index (χ1v) is 11.8. The van der Waals surface area contributed by atoms with E-state index in [9.17, 15) is 14.4 Å². The Morgan fingerprint density at radius 3 is 2.47 bits per heavy atom. The van der Waals surface area contributed by atoms with Gasteiger partial charge in [0.05, 0.1) is 38.6 Å². The van der Waals surface area contributed by atoms with Crippen LogP contribution in [0.3, 0.4) is 0 Å². The Hall–Kier alpha value is -4.08. The zero-order valence-electron chi connectivity index (χ0n) is 20.7. The molecule has 0 saturated carbocycles. The van der Waals surface area contributed by atoms with Crippen LogP contribution in [0.15, 0.2) is 47.5 Å². The minimum Gasteiger partial charge on any atom is -0.497 e. The van der Waals surface area contributed by atoms with Crippen LogP contribution < -0.4 is 25.1 Å². The zero-order valence-corrected chi connectivity index (χ0v) is 20.7. The van der Waals surface area contributed by atoms with Crippen molar-refractivity contribution in [1.82, 2.24) is 14.5 Å². The summed E-state index contributed by atoms with van der Waals surface area (Å²) >= 11 is 0. The van der Waals surface area contributed by atoms with Crippen LogP contribution in [0.1, 0.15) is 25.7 Å². The molecule has 1 aromatic heterocycles. The third-order valence-corrected chi connectivity index (χ3v) is 6.35. The number of carbonyl (C=O) groups is 2. The fourth-order valence-electron chi connectivity index (χ4n) is 4.43. The molecule has 4 rings (SSSR count). The van der Waals surface area contributed by atoms with E-state index in [1.165, 1.54) is 25.1 Å². The molecule has 1 unspecified atom stereocenters. The Morgan fingerprint density at radius 1 is 1.06 bits per heavy atom. The molecule has 0 bridgehead atoms. The summed E-state index contributed by atoms with van der Waals surface area (Å²) < 4.78 is 17.2. The maximum absolute atomic E-state index is 13.0. The molecule has 36 heavy (non-hydrogen) atoms. The van der Waals surface area contributed by atoms with E-state index in [1.807, 2.05) is 0 Å². The molecule has 2 heterocycles. The summed E-state index contributed by atoms with van der Waals surface area (Å²) in [4.78, 5) is 44.7. The van der Waals surface area contributed by atoms with Crippen LogP contribution in [0.4, 0.5) is 5.69 Å². The van der Waals surface area contributed by atoms with Gasteiger partial charge in [0.15, 0.2) is 11.5 Å². The van der Waals surface area contributed by atoms with Gasteiger partial charge in [-0.05, 0) is 49.6 Å². The molecule has 0 aliphatic carbocycles. The number of hydrogen-bond donors (Lipinski definition) is 1. The average molecular weight is 495 g/mol. The van der Waals surface area contributed by atoms with E-state index < -0.39 is 6.04 Å². The lowest BCUT2D eigenvalue weighted by molar-refractivity contribution is -0.136. The molecule has 190 valence electrons. The SMILES string of the molecule is COc1ccc(NC(=O)C2CCCN2C(=O)CCCn2cnc3cc(OC)c(OC)cc3c2=O)cc1. The van der Waals surface area contributed by atoms with Gasteiger partial charge in [-0.3, -0.25) is 19.0 Å². The molecule has 1 aliphatic heterocycles. The first kappa shape index (κ1) is 25.0. The summed E-state index contributed by atoms with van der Waals surface area (Å²) in [5.74, 6) is 1.34. The van der Waals surface area contributed by atoms with Crippen LogP contribution in [0.5, 0.6) is 17.2 Å². The van der Waals surface area contributed by atoms with E-state index in [-0.39, 0.29) is 23.8 Å². The number of aromatic nitrogens is 2. The van der Waals surface area contributed by atoms with Crippen molar-refractivity contribution in [3.63, 3.8) is 0 Å². The van der Waals surface area contributed by atoms with E-state index >= 15 is 0 Å². The lowest BCUT2D eigenvalue weighted by atomic mass is 10.1. The van der Waals surface area contributed by atoms with Crippen molar-refractivity contribution >= 4 is 28.4 Å². The fourth-order valence-corrected chi connectivity index (χ4v) is 4.43. The number of methoxy groups -OCH3 is 3. The molecular weight excluding hydrogens is 464 g/mol. The lowest BCUT2D eigenvalue weighted by Gasteiger charge is -2.24. The molecule has 1 fully saturated rings. The van der Waals surface area contributed by atoms with Gasteiger partial charge in [-0.25, -0.2) is 4.98 Å². The van der Waals surface area contributed by atoms with E-state index in [1.54, 1.807) is 48.4 Å². The number of fused-ring (bicyclic) bond motifs is 1. The summed E-state index contributed by atoms with van der Waals surface area (Å²) in [6, 6.07) is 9.83. The smallest absolute Gasteiger partial charge is 0.261 e. The van der Waals surface area contributed by atoms with Crippen LogP contribution in [-0.4, -0.2) is 60.2 Å². The molecule has 10 heteroatoms. The second-order valence-corrected chi connectivity index (χ2v) is 8.53. The number of anilines is 1. The van der Waals surface area contributed by atoms with Crippen LogP contribution in [0.25, 0.3) is 10.9 Å². The first-order valence-electron chi connectivity index (χ1n) is 11.8. The fraction of sp³-hybridized carbons (Fsp3) is 0.385. The van der Waals surface area contributed by atoms with Gasteiger partial charge >= 0.3 is 0 Å². The monoisotopic (exact) mass is 494 g/mol. The molecular formula is C26H30N4O6. The number of nitrogens with one attached hydrogen (secondary N) is 1. The van der Waals surface area contributed by atoms with Gasteiger partial charge in [-0.15, -0.1) is 0 Å². The van der Waals surface area contributed by atoms with Gasteiger partial charge in [-0.1, -0.05) is 0 Å². The lowest BCUT2D eigenvalue weighted by Crippen LogP contribution is -2.43. The molecule has 10 nitrogen and oxygen atoms in total. The molecule has 2 aromatic carbocycles. The third-order valence-electron chi connectivity index (χ3n) is 6.35. The van der Waals surface area contributed by atoms with Crippen LogP contribution in [0.2, 0.25) is 0 Å². The quantitative estimate of drug-likeness (QED) is 0.487. The third kappa shape index (κ3) is 5.27. The van der Waals surface area contributed by atoms with Crippen LogP contribution in [-0.2, 0) is 16.1 Å². The Bertz CT molecular complexity index is 1300. The normalized spacial score (nSPS) is 15.1. The highest BCUT2D eigenvalue weighted by Crippen LogP contribution is 2.30. The van der Waals surface area contributed by atoms with E-state index in [0.29, 0.717) is 59.8 Å². The molecule has 0 spiro atoms. The van der Waals surface area contributed by atoms with Gasteiger partial charge in [-0.2, -0.15) is 0 Å². The van der Waals surface area contributed by atoms with E-state index in [2.05, 4.69) is 10.3 Å². The molecule has 3 aromatic rings. The van der Waals surface area contributed by atoms with Crippen molar-refractivity contribution in [2.75, 3.05) is 33.2 Å². The maximum Gasteiger partial charge on any atom is 0.261 e. The number of hydrogen-bond acceptors (Lipinski definition) is 7. The van der Waals surface area contributed by atoms with E-state index in [0.717, 1.165) is 6.42 Å². The highest BCUT2D eigenvalue weighted by atomic mass is 16.5. The number of likely N-dealkylation sites (tertiary alicyclic amines) is 1. The van der Waals surface area contributed by atoms with Gasteiger partial charge in [0.1, 0.15) is 11.8 Å². The van der Waals surface area contributed by atoms with Crippen molar-refractivity contribution in [3.8, 4) is 17.2 Å². The number of nitrogens with zero attached hydrogens (tertiary/aromatic N) is 3. The number of benzene rings is 2. The second-order valence-electron chi connectivity index (χ2n) is 8.53. The Kier molecular flexibility index (Phi) is 7.72. The number of aryl methyl sites for hydroxylation is 1. The number of amides is 2. The minimum atomic E-state index is -0.507. The number of carbonyl (C=O) groups excluding carboxylic acids is 2. The largest absolute Gasteiger partial charge is 0.497 e. The number of ether oxygens (including phenoxy) is 3. The number of rotatable bonds is 9. The van der Waals surface area contributed by atoms with Crippen LogP contribution in [0, 0.1) is 0 Å². The molecule has 1 N–H and O–H groups in total. The van der Waals surface area contributed by atoms with Gasteiger partial charge in [0, 0.05) is 31.3 Å². The van der Waals surface area contributed by atoms with Gasteiger partial charge in [0.25, 0.3) is 5.56 Å². The molecule has 2 amide bonds. The Morgan fingerprint density at radius 2 is 1.78 bits per heavy atom.